The highest BCUT2D eigenvalue weighted by Gasteiger charge is 2.45. The van der Waals surface area contributed by atoms with E-state index in [1.54, 1.807) is 0 Å². The Morgan fingerprint density at radius 1 is 1.43 bits per heavy atom. The lowest BCUT2D eigenvalue weighted by molar-refractivity contribution is -0.115. The Morgan fingerprint density at radius 3 is 3.10 bits per heavy atom. The Labute approximate surface area is 126 Å². The van der Waals surface area contributed by atoms with Crippen LogP contribution in [-0.4, -0.2) is 42.5 Å². The zero-order chi connectivity index (χ0) is 14.6. The molecule has 3 aliphatic rings. The first kappa shape index (κ1) is 13.1. The fourth-order valence-electron chi connectivity index (χ4n) is 4.29. The molecule has 1 aromatic carbocycles. The Morgan fingerprint density at radius 2 is 2.29 bits per heavy atom. The summed E-state index contributed by atoms with van der Waals surface area (Å²) in [4.78, 5) is 16.9. The van der Waals surface area contributed by atoms with Gasteiger partial charge in [0.05, 0.1) is 17.9 Å². The highest BCUT2D eigenvalue weighted by Crippen LogP contribution is 2.49. The van der Waals surface area contributed by atoms with Crippen LogP contribution in [0.25, 0.3) is 0 Å². The number of rotatable bonds is 2. The number of carbonyl (C=O) groups is 1. The number of benzene rings is 1. The van der Waals surface area contributed by atoms with Gasteiger partial charge in [-0.05, 0) is 31.4 Å². The van der Waals surface area contributed by atoms with Gasteiger partial charge in [0.1, 0.15) is 0 Å². The van der Waals surface area contributed by atoms with Crippen LogP contribution in [0.5, 0.6) is 0 Å². The van der Waals surface area contributed by atoms with E-state index in [9.17, 15) is 4.79 Å². The van der Waals surface area contributed by atoms with Gasteiger partial charge in [-0.2, -0.15) is 0 Å². The first-order valence-corrected chi connectivity index (χ1v) is 8.12. The van der Waals surface area contributed by atoms with Gasteiger partial charge in [0.25, 0.3) is 0 Å². The monoisotopic (exact) mass is 285 g/mol. The topological polar surface area (TPSA) is 35.6 Å². The van der Waals surface area contributed by atoms with Crippen LogP contribution >= 0.6 is 0 Å². The summed E-state index contributed by atoms with van der Waals surface area (Å²) in [6.45, 7) is 7.39. The van der Waals surface area contributed by atoms with Crippen LogP contribution in [0.4, 0.5) is 11.4 Å². The van der Waals surface area contributed by atoms with E-state index in [0.717, 1.165) is 25.2 Å². The molecule has 1 fully saturated rings. The van der Waals surface area contributed by atoms with Crippen molar-refractivity contribution in [2.24, 2.45) is 0 Å². The van der Waals surface area contributed by atoms with E-state index in [1.807, 2.05) is 6.07 Å². The molecule has 1 saturated heterocycles. The van der Waals surface area contributed by atoms with Crippen molar-refractivity contribution >= 4 is 17.3 Å². The first-order valence-electron chi connectivity index (χ1n) is 8.12. The molecule has 0 spiro atoms. The quantitative estimate of drug-likeness (QED) is 0.906. The summed E-state index contributed by atoms with van der Waals surface area (Å²) >= 11 is 0. The van der Waals surface area contributed by atoms with Gasteiger partial charge in [0, 0.05) is 31.1 Å². The normalized spacial score (nSPS) is 28.9. The number of hydrogen-bond donors (Lipinski definition) is 1. The van der Waals surface area contributed by atoms with Crippen LogP contribution in [-0.2, 0) is 4.79 Å². The predicted octanol–water partition coefficient (Wildman–Crippen LogP) is 2.42. The lowest BCUT2D eigenvalue weighted by Gasteiger charge is -2.41. The average Bonchev–Trinajstić information content (AvgIpc) is 2.82. The van der Waals surface area contributed by atoms with E-state index in [4.69, 9.17) is 0 Å². The van der Waals surface area contributed by atoms with Gasteiger partial charge in [0.15, 0.2) is 0 Å². The van der Waals surface area contributed by atoms with Crippen molar-refractivity contribution in [3.05, 3.63) is 23.8 Å². The summed E-state index contributed by atoms with van der Waals surface area (Å²) in [5.41, 5.74) is 3.73. The number of hydrogen-bond acceptors (Lipinski definition) is 3. The van der Waals surface area contributed by atoms with Crippen molar-refractivity contribution in [2.45, 2.75) is 44.7 Å². The smallest absolute Gasteiger partial charge is 0.243 e. The second-order valence-corrected chi connectivity index (χ2v) is 6.63. The molecule has 21 heavy (non-hydrogen) atoms. The molecular formula is C17H23N3O. The van der Waals surface area contributed by atoms with Crippen molar-refractivity contribution in [1.29, 1.82) is 0 Å². The Kier molecular flexibility index (Phi) is 2.96. The summed E-state index contributed by atoms with van der Waals surface area (Å²) in [5.74, 6) is 0.681. The van der Waals surface area contributed by atoms with Gasteiger partial charge in [-0.3, -0.25) is 9.69 Å². The second-order valence-electron chi connectivity index (χ2n) is 6.63. The minimum atomic E-state index is 0.129. The van der Waals surface area contributed by atoms with E-state index in [0.29, 0.717) is 24.5 Å². The number of amides is 1. The Hall–Kier alpha value is -1.55. The van der Waals surface area contributed by atoms with Gasteiger partial charge < -0.3 is 10.2 Å². The summed E-state index contributed by atoms with van der Waals surface area (Å²) in [6.07, 6.45) is 2.37. The van der Waals surface area contributed by atoms with Crippen LogP contribution in [0.3, 0.4) is 0 Å². The average molecular weight is 285 g/mol. The van der Waals surface area contributed by atoms with Crippen molar-refractivity contribution in [3.63, 3.8) is 0 Å². The fourth-order valence-corrected chi connectivity index (χ4v) is 4.29. The van der Waals surface area contributed by atoms with Gasteiger partial charge >= 0.3 is 0 Å². The van der Waals surface area contributed by atoms with Gasteiger partial charge in [0.2, 0.25) is 5.91 Å². The molecule has 0 aliphatic carbocycles. The maximum Gasteiger partial charge on any atom is 0.243 e. The number of para-hydroxylation sites is 1. The molecule has 1 aromatic rings. The molecular weight excluding hydrogens is 262 g/mol. The highest BCUT2D eigenvalue weighted by atomic mass is 16.2. The SMILES string of the molecule is CCC(C)N1CCC2C(C1)c1cccc3c1N2CC(=O)N3. The van der Waals surface area contributed by atoms with Crippen LogP contribution < -0.4 is 10.2 Å². The number of nitrogens with one attached hydrogen (secondary N) is 1. The first-order chi connectivity index (χ1) is 10.2. The van der Waals surface area contributed by atoms with Crippen LogP contribution in [0.15, 0.2) is 18.2 Å². The third kappa shape index (κ3) is 1.89. The van der Waals surface area contributed by atoms with E-state index >= 15 is 0 Å². The summed E-state index contributed by atoms with van der Waals surface area (Å²) < 4.78 is 0. The molecule has 1 amide bonds. The molecule has 0 radical (unpaired) electrons. The van der Waals surface area contributed by atoms with Crippen molar-refractivity contribution in [1.82, 2.24) is 4.90 Å². The molecule has 4 nitrogen and oxygen atoms in total. The third-order valence-corrected chi connectivity index (χ3v) is 5.56. The second kappa shape index (κ2) is 4.73. The van der Waals surface area contributed by atoms with E-state index < -0.39 is 0 Å². The molecule has 1 N–H and O–H groups in total. The maximum atomic E-state index is 11.9. The van der Waals surface area contributed by atoms with E-state index in [2.05, 4.69) is 41.1 Å². The minimum Gasteiger partial charge on any atom is -0.357 e. The Bertz CT molecular complexity index is 585. The lowest BCUT2D eigenvalue weighted by Crippen LogP contribution is -2.51. The summed E-state index contributed by atoms with van der Waals surface area (Å²) in [5, 5.41) is 3.03. The molecule has 0 bridgehead atoms. The molecule has 3 atom stereocenters. The number of piperidine rings is 1. The maximum absolute atomic E-state index is 11.9. The number of likely N-dealkylation sites (tertiary alicyclic amines) is 1. The molecule has 3 heterocycles. The largest absolute Gasteiger partial charge is 0.357 e. The standard InChI is InChI=1S/C17H23N3O/c1-3-11(2)19-8-7-15-13(9-19)12-5-4-6-14-17(12)20(15)10-16(21)18-14/h4-6,11,13,15H,3,7-10H2,1-2H3,(H,18,21). The molecule has 4 heteroatoms. The van der Waals surface area contributed by atoms with Gasteiger partial charge in [-0.1, -0.05) is 19.1 Å². The summed E-state index contributed by atoms with van der Waals surface area (Å²) in [6, 6.07) is 7.53. The number of fused-ring (bicyclic) bond motifs is 3. The molecule has 0 aromatic heterocycles. The fraction of sp³-hybridized carbons (Fsp3) is 0.588. The van der Waals surface area contributed by atoms with Gasteiger partial charge in [-0.15, -0.1) is 0 Å². The van der Waals surface area contributed by atoms with Crippen LogP contribution in [0.2, 0.25) is 0 Å². The minimum absolute atomic E-state index is 0.129. The highest BCUT2D eigenvalue weighted by molar-refractivity contribution is 6.03. The third-order valence-electron chi connectivity index (χ3n) is 5.56. The van der Waals surface area contributed by atoms with Crippen LogP contribution in [0, 0.1) is 0 Å². The molecule has 3 aliphatic heterocycles. The molecule has 4 rings (SSSR count). The van der Waals surface area contributed by atoms with Crippen LogP contribution in [0.1, 0.15) is 38.2 Å². The lowest BCUT2D eigenvalue weighted by atomic mass is 9.88. The number of carbonyl (C=O) groups excluding carboxylic acids is 1. The van der Waals surface area contributed by atoms with Crippen molar-refractivity contribution in [2.75, 3.05) is 29.9 Å². The Balaban J connectivity index is 1.71. The van der Waals surface area contributed by atoms with E-state index in [1.165, 1.54) is 17.7 Å². The van der Waals surface area contributed by atoms with Crippen molar-refractivity contribution in [3.8, 4) is 0 Å². The van der Waals surface area contributed by atoms with Gasteiger partial charge in [-0.25, -0.2) is 0 Å². The molecule has 112 valence electrons. The number of nitrogens with zero attached hydrogens (tertiary/aromatic N) is 2. The van der Waals surface area contributed by atoms with Crippen molar-refractivity contribution < 1.29 is 4.79 Å². The van der Waals surface area contributed by atoms with E-state index in [-0.39, 0.29) is 5.91 Å². The summed E-state index contributed by atoms with van der Waals surface area (Å²) in [7, 11) is 0. The molecule has 3 unspecified atom stereocenters. The number of anilines is 2. The predicted molar refractivity (Wildman–Crippen MR) is 84.9 cm³/mol. The zero-order valence-corrected chi connectivity index (χ0v) is 12.8. The zero-order valence-electron chi connectivity index (χ0n) is 12.8. The molecule has 0 saturated carbocycles.